The third-order valence-electron chi connectivity index (χ3n) is 6.70. The summed E-state index contributed by atoms with van der Waals surface area (Å²) in [6, 6.07) is 33.7. The molecular weight excluding hydrogens is 552 g/mol. The number of fused-ring (bicyclic) bond motifs is 1. The Morgan fingerprint density at radius 3 is 2.33 bits per heavy atom. The lowest BCUT2D eigenvalue weighted by molar-refractivity contribution is 0.182. The molecule has 5 aromatic rings. The second kappa shape index (κ2) is 12.1. The van der Waals surface area contributed by atoms with E-state index in [1.807, 2.05) is 97.9 Å². The van der Waals surface area contributed by atoms with Gasteiger partial charge in [0.05, 0.1) is 22.6 Å². The lowest BCUT2D eigenvalue weighted by Crippen LogP contribution is -2.42. The molecule has 39 heavy (non-hydrogen) atoms. The maximum absolute atomic E-state index is 13.9. The Morgan fingerprint density at radius 1 is 0.923 bits per heavy atom. The van der Waals surface area contributed by atoms with Crippen LogP contribution in [0.15, 0.2) is 118 Å². The fourth-order valence-electron chi connectivity index (χ4n) is 4.80. The summed E-state index contributed by atoms with van der Waals surface area (Å²) in [5.41, 5.74) is 2.97. The Kier molecular flexibility index (Phi) is 8.18. The third-order valence-corrected chi connectivity index (χ3v) is 7.19. The van der Waals surface area contributed by atoms with Crippen molar-refractivity contribution in [3.05, 3.63) is 135 Å². The Labute approximate surface area is 236 Å². The lowest BCUT2D eigenvalue weighted by atomic mass is 10.1. The van der Waals surface area contributed by atoms with Gasteiger partial charge < -0.3 is 10.2 Å². The quantitative estimate of drug-likeness (QED) is 0.208. The molecule has 0 aliphatic rings. The van der Waals surface area contributed by atoms with E-state index in [2.05, 4.69) is 33.4 Å². The normalized spacial score (nSPS) is 11.7. The maximum Gasteiger partial charge on any atom is 0.322 e. The molecule has 1 unspecified atom stereocenters. The molecule has 0 aliphatic carbocycles. The van der Waals surface area contributed by atoms with Crippen LogP contribution in [0.4, 0.5) is 10.5 Å². The number of carbonyl (C=O) groups excluding carboxylic acids is 1. The van der Waals surface area contributed by atoms with Crippen LogP contribution >= 0.6 is 15.9 Å². The van der Waals surface area contributed by atoms with Crippen LogP contribution in [-0.4, -0.2) is 27.0 Å². The smallest absolute Gasteiger partial charge is 0.314 e. The minimum atomic E-state index is -0.460. The number of rotatable bonds is 8. The van der Waals surface area contributed by atoms with Gasteiger partial charge in [-0.05, 0) is 60.9 Å². The van der Waals surface area contributed by atoms with Crippen LogP contribution in [0.5, 0.6) is 0 Å². The van der Waals surface area contributed by atoms with Crippen LogP contribution in [-0.2, 0) is 6.42 Å². The zero-order chi connectivity index (χ0) is 27.2. The molecule has 1 heterocycles. The maximum atomic E-state index is 13.9. The zero-order valence-electron chi connectivity index (χ0n) is 21.6. The molecule has 7 heteroatoms. The number of benzene rings is 4. The van der Waals surface area contributed by atoms with E-state index in [0.29, 0.717) is 47.5 Å². The van der Waals surface area contributed by atoms with Crippen molar-refractivity contribution in [2.75, 3.05) is 11.9 Å². The average Bonchev–Trinajstić information content (AvgIpc) is 2.96. The molecule has 1 atom stereocenters. The van der Waals surface area contributed by atoms with Gasteiger partial charge in [0.2, 0.25) is 0 Å². The van der Waals surface area contributed by atoms with Gasteiger partial charge in [-0.15, -0.1) is 0 Å². The van der Waals surface area contributed by atoms with Gasteiger partial charge in [0.15, 0.2) is 0 Å². The molecule has 1 aromatic heterocycles. The minimum absolute atomic E-state index is 0.157. The van der Waals surface area contributed by atoms with Crippen molar-refractivity contribution in [1.82, 2.24) is 14.5 Å². The van der Waals surface area contributed by atoms with E-state index >= 15 is 0 Å². The minimum Gasteiger partial charge on any atom is -0.314 e. The Morgan fingerprint density at radius 2 is 1.62 bits per heavy atom. The van der Waals surface area contributed by atoms with Crippen LogP contribution in [0, 0.1) is 0 Å². The molecule has 0 fully saturated rings. The summed E-state index contributed by atoms with van der Waals surface area (Å²) in [5.74, 6) is 0.532. The van der Waals surface area contributed by atoms with Gasteiger partial charge in [0.25, 0.3) is 5.56 Å². The second-order valence-corrected chi connectivity index (χ2v) is 10.2. The van der Waals surface area contributed by atoms with Crippen LogP contribution in [0.3, 0.4) is 0 Å². The van der Waals surface area contributed by atoms with Crippen LogP contribution in [0.25, 0.3) is 16.6 Å². The summed E-state index contributed by atoms with van der Waals surface area (Å²) in [6.07, 6.45) is 1.23. The lowest BCUT2D eigenvalue weighted by Gasteiger charge is -2.32. The highest BCUT2D eigenvalue weighted by Crippen LogP contribution is 2.27. The standard InChI is InChI=1S/C32H29BrN4O2/c1-2-29(30-35-28-19-10-9-18-27(28)31(38)37(30)26-16-7-4-8-17-26)36(21-20-23-12-5-3-6-13-23)32(39)34-25-15-11-14-24(33)22-25/h3-19,22,29H,2,20-21H2,1H3,(H,34,39). The molecule has 0 saturated carbocycles. The number of aromatic nitrogens is 2. The molecule has 0 saturated heterocycles. The number of anilines is 1. The zero-order valence-corrected chi connectivity index (χ0v) is 23.2. The molecule has 5 rings (SSSR count). The van der Waals surface area contributed by atoms with Crippen molar-refractivity contribution < 1.29 is 4.79 Å². The van der Waals surface area contributed by atoms with E-state index in [-0.39, 0.29) is 11.6 Å². The number of para-hydroxylation sites is 2. The summed E-state index contributed by atoms with van der Waals surface area (Å²) in [4.78, 5) is 34.6. The van der Waals surface area contributed by atoms with Gasteiger partial charge in [-0.3, -0.25) is 9.36 Å². The molecule has 4 aromatic carbocycles. The fourth-order valence-corrected chi connectivity index (χ4v) is 5.20. The van der Waals surface area contributed by atoms with Gasteiger partial charge in [0, 0.05) is 16.7 Å². The topological polar surface area (TPSA) is 67.2 Å². The Balaban J connectivity index is 1.62. The first kappa shape index (κ1) is 26.4. The van der Waals surface area contributed by atoms with Crippen molar-refractivity contribution in [3.63, 3.8) is 0 Å². The van der Waals surface area contributed by atoms with E-state index in [1.165, 1.54) is 0 Å². The van der Waals surface area contributed by atoms with Crippen LogP contribution < -0.4 is 10.9 Å². The first-order chi connectivity index (χ1) is 19.0. The summed E-state index contributed by atoms with van der Waals surface area (Å²) in [6.45, 7) is 2.46. The predicted octanol–water partition coefficient (Wildman–Crippen LogP) is 7.38. The van der Waals surface area contributed by atoms with Crippen LogP contribution in [0.2, 0.25) is 0 Å². The van der Waals surface area contributed by atoms with Crippen molar-refractivity contribution in [2.45, 2.75) is 25.8 Å². The molecule has 6 nitrogen and oxygen atoms in total. The van der Waals surface area contributed by atoms with E-state index < -0.39 is 6.04 Å². The summed E-state index contributed by atoms with van der Waals surface area (Å²) in [7, 11) is 0. The first-order valence-electron chi connectivity index (χ1n) is 13.0. The molecule has 196 valence electrons. The molecule has 0 aliphatic heterocycles. The number of urea groups is 1. The number of amides is 2. The largest absolute Gasteiger partial charge is 0.322 e. The van der Waals surface area contributed by atoms with E-state index in [4.69, 9.17) is 4.98 Å². The second-order valence-electron chi connectivity index (χ2n) is 9.26. The highest BCUT2D eigenvalue weighted by Gasteiger charge is 2.29. The fraction of sp³-hybridized carbons (Fsp3) is 0.156. The van der Waals surface area contributed by atoms with Crippen molar-refractivity contribution in [3.8, 4) is 5.69 Å². The van der Waals surface area contributed by atoms with Crippen LogP contribution in [0.1, 0.15) is 30.8 Å². The van der Waals surface area contributed by atoms with Crippen molar-refractivity contribution in [2.24, 2.45) is 0 Å². The Hall–Kier alpha value is -4.23. The monoisotopic (exact) mass is 580 g/mol. The molecular formula is C32H29BrN4O2. The molecule has 0 radical (unpaired) electrons. The van der Waals surface area contributed by atoms with Gasteiger partial charge in [-0.25, -0.2) is 9.78 Å². The highest BCUT2D eigenvalue weighted by atomic mass is 79.9. The number of hydrogen-bond donors (Lipinski definition) is 1. The van der Waals surface area contributed by atoms with Crippen molar-refractivity contribution >= 4 is 38.6 Å². The van der Waals surface area contributed by atoms with E-state index in [9.17, 15) is 9.59 Å². The summed E-state index contributed by atoms with van der Waals surface area (Å²) < 4.78 is 2.52. The summed E-state index contributed by atoms with van der Waals surface area (Å²) in [5, 5.41) is 3.59. The van der Waals surface area contributed by atoms with Gasteiger partial charge in [-0.1, -0.05) is 89.6 Å². The molecule has 1 N–H and O–H groups in total. The highest BCUT2D eigenvalue weighted by molar-refractivity contribution is 9.10. The molecule has 0 spiro atoms. The Bertz CT molecular complexity index is 1640. The number of nitrogens with one attached hydrogen (secondary N) is 1. The van der Waals surface area contributed by atoms with Gasteiger partial charge >= 0.3 is 6.03 Å². The molecule has 0 bridgehead atoms. The molecule has 2 amide bonds. The SMILES string of the molecule is CCC(c1nc2ccccc2c(=O)n1-c1ccccc1)N(CCc1ccccc1)C(=O)Nc1cccc(Br)c1. The number of hydrogen-bond acceptors (Lipinski definition) is 3. The average molecular weight is 582 g/mol. The van der Waals surface area contributed by atoms with E-state index in [1.54, 1.807) is 15.5 Å². The number of carbonyl (C=O) groups is 1. The summed E-state index contributed by atoms with van der Waals surface area (Å²) >= 11 is 3.48. The number of halogens is 1. The van der Waals surface area contributed by atoms with Gasteiger partial charge in [-0.2, -0.15) is 0 Å². The number of nitrogens with zero attached hydrogens (tertiary/aromatic N) is 3. The first-order valence-corrected chi connectivity index (χ1v) is 13.8. The third kappa shape index (κ3) is 5.94. The van der Waals surface area contributed by atoms with Crippen molar-refractivity contribution in [1.29, 1.82) is 0 Å². The van der Waals surface area contributed by atoms with E-state index in [0.717, 1.165) is 10.0 Å². The van der Waals surface area contributed by atoms with Gasteiger partial charge in [0.1, 0.15) is 5.82 Å². The predicted molar refractivity (Wildman–Crippen MR) is 160 cm³/mol.